The number of benzene rings is 1. The summed E-state index contributed by atoms with van der Waals surface area (Å²) in [6, 6.07) is 5.83. The molecule has 1 aromatic rings. The lowest BCUT2D eigenvalue weighted by molar-refractivity contribution is 0.371. The van der Waals surface area contributed by atoms with Crippen molar-refractivity contribution in [3.05, 3.63) is 28.5 Å². The van der Waals surface area contributed by atoms with Crippen molar-refractivity contribution in [3.63, 3.8) is 0 Å². The first-order chi connectivity index (χ1) is 8.65. The van der Waals surface area contributed by atoms with Crippen LogP contribution in [0.2, 0.25) is 0 Å². The number of hydrogen-bond donors (Lipinski definition) is 2. The summed E-state index contributed by atoms with van der Waals surface area (Å²) in [5, 5.41) is 6.77. The summed E-state index contributed by atoms with van der Waals surface area (Å²) in [4.78, 5) is 0. The number of piperidine rings is 1. The molecule has 0 aromatic heterocycles. The Morgan fingerprint density at radius 3 is 3.06 bits per heavy atom. The molecule has 0 aliphatic carbocycles. The van der Waals surface area contributed by atoms with Crippen LogP contribution in [0.1, 0.15) is 32.6 Å². The maximum atomic E-state index is 13.6. The van der Waals surface area contributed by atoms with Crippen molar-refractivity contribution < 1.29 is 4.39 Å². The van der Waals surface area contributed by atoms with Crippen LogP contribution in [-0.2, 0) is 0 Å². The molecule has 1 saturated heterocycles. The average molecular weight is 315 g/mol. The normalized spacial score (nSPS) is 21.6. The van der Waals surface area contributed by atoms with Gasteiger partial charge in [-0.05, 0) is 50.9 Å². The second kappa shape index (κ2) is 6.53. The van der Waals surface area contributed by atoms with Crippen LogP contribution in [-0.4, -0.2) is 18.6 Å². The molecule has 18 heavy (non-hydrogen) atoms. The van der Waals surface area contributed by atoms with E-state index in [9.17, 15) is 4.39 Å². The Morgan fingerprint density at radius 1 is 1.50 bits per heavy atom. The molecule has 0 bridgehead atoms. The second-order valence-corrected chi connectivity index (χ2v) is 5.97. The van der Waals surface area contributed by atoms with Crippen LogP contribution in [0, 0.1) is 5.82 Å². The third kappa shape index (κ3) is 3.95. The molecular weight excluding hydrogens is 295 g/mol. The highest BCUT2D eigenvalue weighted by Gasteiger charge is 2.16. The Morgan fingerprint density at radius 2 is 2.33 bits per heavy atom. The van der Waals surface area contributed by atoms with E-state index in [0.717, 1.165) is 17.4 Å². The summed E-state index contributed by atoms with van der Waals surface area (Å²) >= 11 is 3.37. The van der Waals surface area contributed by atoms with Gasteiger partial charge < -0.3 is 10.6 Å². The lowest BCUT2D eigenvalue weighted by Gasteiger charge is -2.27. The fraction of sp³-hybridized carbons (Fsp3) is 0.571. The minimum absolute atomic E-state index is 0.193. The van der Waals surface area contributed by atoms with Crippen LogP contribution in [0.15, 0.2) is 22.7 Å². The third-order valence-corrected chi connectivity index (χ3v) is 3.87. The number of rotatable bonds is 4. The smallest absolute Gasteiger partial charge is 0.146 e. The van der Waals surface area contributed by atoms with Crippen LogP contribution in [0.4, 0.5) is 10.1 Å². The summed E-state index contributed by atoms with van der Waals surface area (Å²) in [5.41, 5.74) is 0.577. The number of hydrogen-bond acceptors (Lipinski definition) is 2. The van der Waals surface area contributed by atoms with Crippen molar-refractivity contribution in [1.82, 2.24) is 5.32 Å². The minimum atomic E-state index is -0.193. The number of halogens is 2. The highest BCUT2D eigenvalue weighted by molar-refractivity contribution is 9.10. The molecule has 0 amide bonds. The molecule has 0 spiro atoms. The monoisotopic (exact) mass is 314 g/mol. The van der Waals surface area contributed by atoms with Crippen LogP contribution < -0.4 is 10.6 Å². The van der Waals surface area contributed by atoms with Crippen molar-refractivity contribution in [1.29, 1.82) is 0 Å². The van der Waals surface area contributed by atoms with Crippen molar-refractivity contribution in [2.24, 2.45) is 0 Å². The summed E-state index contributed by atoms with van der Waals surface area (Å²) in [5.74, 6) is -0.193. The van der Waals surface area contributed by atoms with E-state index in [4.69, 9.17) is 0 Å². The molecule has 0 saturated carbocycles. The lowest BCUT2D eigenvalue weighted by atomic mass is 9.98. The van der Waals surface area contributed by atoms with Gasteiger partial charge in [-0.25, -0.2) is 4.39 Å². The van der Waals surface area contributed by atoms with Gasteiger partial charge in [-0.15, -0.1) is 0 Å². The van der Waals surface area contributed by atoms with E-state index < -0.39 is 0 Å². The summed E-state index contributed by atoms with van der Waals surface area (Å²) in [7, 11) is 0. The number of anilines is 1. The van der Waals surface area contributed by atoms with Gasteiger partial charge in [0.1, 0.15) is 5.82 Å². The fourth-order valence-electron chi connectivity index (χ4n) is 2.48. The maximum absolute atomic E-state index is 13.6. The quantitative estimate of drug-likeness (QED) is 0.880. The van der Waals surface area contributed by atoms with Crippen molar-refractivity contribution in [2.75, 3.05) is 11.9 Å². The zero-order valence-corrected chi connectivity index (χ0v) is 12.3. The third-order valence-electron chi connectivity index (χ3n) is 3.38. The lowest BCUT2D eigenvalue weighted by Crippen LogP contribution is -2.37. The zero-order chi connectivity index (χ0) is 13.0. The molecule has 1 fully saturated rings. The topological polar surface area (TPSA) is 24.1 Å². The molecule has 1 aliphatic rings. The van der Waals surface area contributed by atoms with E-state index >= 15 is 0 Å². The minimum Gasteiger partial charge on any atom is -0.380 e. The van der Waals surface area contributed by atoms with Gasteiger partial charge in [0.15, 0.2) is 0 Å². The Balaban J connectivity index is 1.89. The molecule has 100 valence electrons. The molecule has 2 atom stereocenters. The molecule has 1 aliphatic heterocycles. The Labute approximate surface area is 116 Å². The molecule has 2 N–H and O–H groups in total. The predicted octanol–water partition coefficient (Wildman–Crippen LogP) is 3.92. The summed E-state index contributed by atoms with van der Waals surface area (Å²) in [6.07, 6.45) is 4.84. The van der Waals surface area contributed by atoms with Gasteiger partial charge in [-0.3, -0.25) is 0 Å². The van der Waals surface area contributed by atoms with E-state index in [1.807, 2.05) is 0 Å². The summed E-state index contributed by atoms with van der Waals surface area (Å²) in [6.45, 7) is 3.22. The van der Waals surface area contributed by atoms with Crippen molar-refractivity contribution in [2.45, 2.75) is 44.7 Å². The first-order valence-electron chi connectivity index (χ1n) is 6.60. The fourth-order valence-corrected chi connectivity index (χ4v) is 2.85. The van der Waals surface area contributed by atoms with Crippen molar-refractivity contribution >= 4 is 21.6 Å². The standard InChI is InChI=1S/C14H20BrFN2/c1-10(8-12-4-2-3-7-17-12)18-14-9-11(15)5-6-13(14)16/h5-6,9-10,12,17-18H,2-4,7-8H2,1H3. The first kappa shape index (κ1) is 13.8. The molecular formula is C14H20BrFN2. The van der Waals surface area contributed by atoms with Crippen molar-refractivity contribution in [3.8, 4) is 0 Å². The van der Waals surface area contributed by atoms with E-state index in [2.05, 4.69) is 33.5 Å². The van der Waals surface area contributed by atoms with E-state index in [1.165, 1.54) is 25.3 Å². The van der Waals surface area contributed by atoms with Gasteiger partial charge in [0, 0.05) is 16.6 Å². The van der Waals surface area contributed by atoms with Crippen LogP contribution in [0.5, 0.6) is 0 Å². The van der Waals surface area contributed by atoms with Gasteiger partial charge in [-0.2, -0.15) is 0 Å². The molecule has 1 heterocycles. The molecule has 1 aromatic carbocycles. The van der Waals surface area contributed by atoms with Crippen LogP contribution in [0.25, 0.3) is 0 Å². The predicted molar refractivity (Wildman–Crippen MR) is 77.4 cm³/mol. The first-order valence-corrected chi connectivity index (χ1v) is 7.39. The van der Waals surface area contributed by atoms with Gasteiger partial charge >= 0.3 is 0 Å². The van der Waals surface area contributed by atoms with Crippen LogP contribution in [0.3, 0.4) is 0 Å². The molecule has 2 nitrogen and oxygen atoms in total. The van der Waals surface area contributed by atoms with Gasteiger partial charge in [0.25, 0.3) is 0 Å². The summed E-state index contributed by atoms with van der Waals surface area (Å²) < 4.78 is 14.5. The number of nitrogens with one attached hydrogen (secondary N) is 2. The Bertz CT molecular complexity index is 391. The van der Waals surface area contributed by atoms with Crippen LogP contribution >= 0.6 is 15.9 Å². The SMILES string of the molecule is CC(CC1CCCCN1)Nc1cc(Br)ccc1F. The van der Waals surface area contributed by atoms with E-state index in [0.29, 0.717) is 11.7 Å². The molecule has 2 unspecified atom stereocenters. The second-order valence-electron chi connectivity index (χ2n) is 5.05. The van der Waals surface area contributed by atoms with Gasteiger partial charge in [0.05, 0.1) is 5.69 Å². The maximum Gasteiger partial charge on any atom is 0.146 e. The highest BCUT2D eigenvalue weighted by atomic mass is 79.9. The highest BCUT2D eigenvalue weighted by Crippen LogP contribution is 2.22. The molecule has 4 heteroatoms. The Kier molecular flexibility index (Phi) is 5.01. The molecule has 0 radical (unpaired) electrons. The van der Waals surface area contributed by atoms with E-state index in [1.54, 1.807) is 12.1 Å². The Hall–Kier alpha value is -0.610. The largest absolute Gasteiger partial charge is 0.380 e. The molecule has 2 rings (SSSR count). The zero-order valence-electron chi connectivity index (χ0n) is 10.7. The average Bonchev–Trinajstić information content (AvgIpc) is 2.35. The van der Waals surface area contributed by atoms with Gasteiger partial charge in [0.2, 0.25) is 0 Å². The van der Waals surface area contributed by atoms with E-state index in [-0.39, 0.29) is 11.9 Å². The van der Waals surface area contributed by atoms with Gasteiger partial charge in [-0.1, -0.05) is 22.4 Å².